The summed E-state index contributed by atoms with van der Waals surface area (Å²) in [5.74, 6) is -0.300. The van der Waals surface area contributed by atoms with Crippen LogP contribution in [-0.4, -0.2) is 12.2 Å². The molecule has 0 radical (unpaired) electrons. The molecule has 0 aliphatic heterocycles. The van der Waals surface area contributed by atoms with Gasteiger partial charge in [-0.2, -0.15) is 0 Å². The van der Waals surface area contributed by atoms with Crippen LogP contribution >= 0.6 is 11.6 Å². The van der Waals surface area contributed by atoms with E-state index in [1.807, 2.05) is 36.2 Å². The van der Waals surface area contributed by atoms with Gasteiger partial charge in [-0.3, -0.25) is 0 Å². The van der Waals surface area contributed by atoms with Crippen LogP contribution in [0.4, 0.5) is 10.1 Å². The lowest BCUT2D eigenvalue weighted by Crippen LogP contribution is -2.19. The maximum atomic E-state index is 13.7. The molecule has 0 fully saturated rings. The lowest BCUT2D eigenvalue weighted by molar-refractivity contribution is 0.199. The largest absolute Gasteiger partial charge is 0.389 e. The summed E-state index contributed by atoms with van der Waals surface area (Å²) in [6.07, 6.45) is -0.725. The van der Waals surface area contributed by atoms with E-state index < -0.39 is 6.10 Å². The molecule has 4 heteroatoms. The number of hydrogen-bond donors (Lipinski definition) is 1. The molecule has 2 rings (SSSR count). The summed E-state index contributed by atoms with van der Waals surface area (Å²) in [6, 6.07) is 10.8. The van der Waals surface area contributed by atoms with Gasteiger partial charge >= 0.3 is 0 Å². The zero-order chi connectivity index (χ0) is 15.6. The van der Waals surface area contributed by atoms with Crippen molar-refractivity contribution in [2.45, 2.75) is 26.5 Å². The van der Waals surface area contributed by atoms with Crippen molar-refractivity contribution in [2.75, 3.05) is 11.9 Å². The highest BCUT2D eigenvalue weighted by Crippen LogP contribution is 2.29. The molecule has 0 aliphatic carbocycles. The molecule has 21 heavy (non-hydrogen) atoms. The molecule has 0 aliphatic rings. The van der Waals surface area contributed by atoms with Crippen molar-refractivity contribution in [1.29, 1.82) is 0 Å². The Bertz CT molecular complexity index is 643. The standard InChI is InChI=1S/C17H19ClFNO/c1-11-7-17(15(12(2)21)9-16(11)19)20(3)10-13-5-4-6-14(18)8-13/h4-9,12,21H,10H2,1-3H3/t12-/m0/s1. The van der Waals surface area contributed by atoms with Gasteiger partial charge in [0.05, 0.1) is 6.10 Å². The third kappa shape index (κ3) is 3.74. The summed E-state index contributed by atoms with van der Waals surface area (Å²) in [7, 11) is 1.92. The van der Waals surface area contributed by atoms with Crippen molar-refractivity contribution in [3.05, 3.63) is 63.9 Å². The third-order valence-corrected chi connectivity index (χ3v) is 3.71. The number of hydrogen-bond acceptors (Lipinski definition) is 2. The Morgan fingerprint density at radius 1 is 1.29 bits per heavy atom. The maximum Gasteiger partial charge on any atom is 0.126 e. The Morgan fingerprint density at radius 3 is 2.62 bits per heavy atom. The Balaban J connectivity index is 2.34. The summed E-state index contributed by atoms with van der Waals surface area (Å²) in [4.78, 5) is 1.99. The highest BCUT2D eigenvalue weighted by Gasteiger charge is 2.15. The van der Waals surface area contributed by atoms with E-state index in [1.165, 1.54) is 6.07 Å². The average molecular weight is 308 g/mol. The first-order valence-corrected chi connectivity index (χ1v) is 7.20. The molecule has 2 aromatic rings. The topological polar surface area (TPSA) is 23.5 Å². The van der Waals surface area contributed by atoms with E-state index >= 15 is 0 Å². The Morgan fingerprint density at radius 2 is 2.00 bits per heavy atom. The minimum absolute atomic E-state index is 0.300. The van der Waals surface area contributed by atoms with Gasteiger partial charge in [-0.1, -0.05) is 23.7 Å². The number of halogens is 2. The smallest absolute Gasteiger partial charge is 0.126 e. The van der Waals surface area contributed by atoms with Crippen molar-refractivity contribution in [2.24, 2.45) is 0 Å². The number of aliphatic hydroxyl groups is 1. The predicted molar refractivity (Wildman–Crippen MR) is 85.3 cm³/mol. The highest BCUT2D eigenvalue weighted by atomic mass is 35.5. The monoisotopic (exact) mass is 307 g/mol. The SMILES string of the molecule is Cc1cc(N(C)Cc2cccc(Cl)c2)c([C@H](C)O)cc1F. The van der Waals surface area contributed by atoms with Gasteiger partial charge in [0, 0.05) is 29.9 Å². The van der Waals surface area contributed by atoms with Gasteiger partial charge in [0.25, 0.3) is 0 Å². The van der Waals surface area contributed by atoms with Gasteiger partial charge in [0.2, 0.25) is 0 Å². The van der Waals surface area contributed by atoms with E-state index in [0.29, 0.717) is 22.7 Å². The van der Waals surface area contributed by atoms with Gasteiger partial charge in [0.15, 0.2) is 0 Å². The lowest BCUT2D eigenvalue weighted by atomic mass is 10.0. The van der Waals surface area contributed by atoms with Crippen molar-refractivity contribution < 1.29 is 9.50 Å². The minimum Gasteiger partial charge on any atom is -0.389 e. The highest BCUT2D eigenvalue weighted by molar-refractivity contribution is 6.30. The van der Waals surface area contributed by atoms with Crippen LogP contribution in [0.3, 0.4) is 0 Å². The minimum atomic E-state index is -0.725. The maximum absolute atomic E-state index is 13.7. The zero-order valence-electron chi connectivity index (χ0n) is 12.4. The molecule has 0 bridgehead atoms. The number of benzene rings is 2. The Labute approximate surface area is 129 Å². The second kappa shape index (κ2) is 6.46. The van der Waals surface area contributed by atoms with E-state index in [9.17, 15) is 9.50 Å². The van der Waals surface area contributed by atoms with Crippen LogP contribution in [0.2, 0.25) is 5.02 Å². The number of aryl methyl sites for hydroxylation is 1. The van der Waals surface area contributed by atoms with Gasteiger partial charge < -0.3 is 10.0 Å². The normalized spacial score (nSPS) is 12.3. The first-order chi connectivity index (χ1) is 9.88. The summed E-state index contributed by atoms with van der Waals surface area (Å²) in [5.41, 5.74) is 3.03. The molecule has 0 aromatic heterocycles. The van der Waals surface area contributed by atoms with E-state index in [0.717, 1.165) is 11.3 Å². The first kappa shape index (κ1) is 15.8. The molecule has 1 N–H and O–H groups in total. The fourth-order valence-electron chi connectivity index (χ4n) is 2.34. The molecule has 2 aromatic carbocycles. The van der Waals surface area contributed by atoms with E-state index in [-0.39, 0.29) is 5.82 Å². The van der Waals surface area contributed by atoms with Crippen LogP contribution in [-0.2, 0) is 6.54 Å². The fourth-order valence-corrected chi connectivity index (χ4v) is 2.55. The van der Waals surface area contributed by atoms with Crippen LogP contribution in [0, 0.1) is 12.7 Å². The van der Waals surface area contributed by atoms with Gasteiger partial charge in [-0.25, -0.2) is 4.39 Å². The summed E-state index contributed by atoms with van der Waals surface area (Å²) in [6.45, 7) is 3.99. The molecule has 0 amide bonds. The predicted octanol–water partition coefficient (Wildman–Crippen LogP) is 4.48. The van der Waals surface area contributed by atoms with Crippen molar-refractivity contribution in [3.63, 3.8) is 0 Å². The molecule has 112 valence electrons. The van der Waals surface area contributed by atoms with E-state index in [1.54, 1.807) is 19.9 Å². The van der Waals surface area contributed by atoms with Crippen molar-refractivity contribution in [1.82, 2.24) is 0 Å². The number of rotatable bonds is 4. The van der Waals surface area contributed by atoms with Crippen LogP contribution in [0.1, 0.15) is 29.7 Å². The Hall–Kier alpha value is -1.58. The molecule has 0 saturated heterocycles. The molecule has 2 nitrogen and oxygen atoms in total. The van der Waals surface area contributed by atoms with Gasteiger partial charge in [-0.05, 0) is 49.2 Å². The molecule has 1 atom stereocenters. The quantitative estimate of drug-likeness (QED) is 0.900. The van der Waals surface area contributed by atoms with Gasteiger partial charge in [-0.15, -0.1) is 0 Å². The van der Waals surface area contributed by atoms with Crippen LogP contribution in [0.15, 0.2) is 36.4 Å². The van der Waals surface area contributed by atoms with Crippen LogP contribution < -0.4 is 4.90 Å². The molecular formula is C17H19ClFNO. The molecule has 0 heterocycles. The van der Waals surface area contributed by atoms with E-state index in [2.05, 4.69) is 0 Å². The summed E-state index contributed by atoms with van der Waals surface area (Å²) in [5, 5.41) is 10.6. The zero-order valence-corrected chi connectivity index (χ0v) is 13.2. The van der Waals surface area contributed by atoms with Crippen LogP contribution in [0.25, 0.3) is 0 Å². The molecular weight excluding hydrogens is 289 g/mol. The molecule has 0 unspecified atom stereocenters. The summed E-state index contributed by atoms with van der Waals surface area (Å²) >= 11 is 5.99. The average Bonchev–Trinajstić information content (AvgIpc) is 2.41. The molecule has 0 spiro atoms. The Kier molecular flexibility index (Phi) is 4.86. The van der Waals surface area contributed by atoms with E-state index in [4.69, 9.17) is 11.6 Å². The third-order valence-electron chi connectivity index (χ3n) is 3.48. The second-order valence-electron chi connectivity index (χ2n) is 5.32. The molecule has 0 saturated carbocycles. The summed E-state index contributed by atoms with van der Waals surface area (Å²) < 4.78 is 13.7. The van der Waals surface area contributed by atoms with Crippen molar-refractivity contribution >= 4 is 17.3 Å². The number of aliphatic hydroxyl groups excluding tert-OH is 1. The second-order valence-corrected chi connectivity index (χ2v) is 5.76. The van der Waals surface area contributed by atoms with Crippen molar-refractivity contribution in [3.8, 4) is 0 Å². The van der Waals surface area contributed by atoms with Crippen LogP contribution in [0.5, 0.6) is 0 Å². The number of nitrogens with zero attached hydrogens (tertiary/aromatic N) is 1. The number of anilines is 1. The first-order valence-electron chi connectivity index (χ1n) is 6.82. The lowest BCUT2D eigenvalue weighted by Gasteiger charge is -2.24. The van der Waals surface area contributed by atoms with Gasteiger partial charge in [0.1, 0.15) is 5.82 Å². The fraction of sp³-hybridized carbons (Fsp3) is 0.294.